The van der Waals surface area contributed by atoms with E-state index in [-0.39, 0.29) is 6.04 Å². The lowest BCUT2D eigenvalue weighted by molar-refractivity contribution is 0.0280. The van der Waals surface area contributed by atoms with Gasteiger partial charge in [-0.25, -0.2) is 13.8 Å². The van der Waals surface area contributed by atoms with Gasteiger partial charge in [0.2, 0.25) is 6.43 Å². The van der Waals surface area contributed by atoms with E-state index < -0.39 is 12.3 Å². The van der Waals surface area contributed by atoms with Crippen molar-refractivity contribution in [1.29, 1.82) is 0 Å². The lowest BCUT2D eigenvalue weighted by Crippen LogP contribution is -2.38. The molecule has 1 saturated carbocycles. The lowest BCUT2D eigenvalue weighted by Gasteiger charge is -2.35. The molecule has 2 N–H and O–H groups in total. The van der Waals surface area contributed by atoms with Crippen LogP contribution < -0.4 is 5.32 Å². The second kappa shape index (κ2) is 3.32. The molecule has 72 valence electrons. The molecule has 1 heterocycles. The van der Waals surface area contributed by atoms with E-state index in [1.807, 2.05) is 0 Å². The van der Waals surface area contributed by atoms with Gasteiger partial charge in [0.1, 0.15) is 5.82 Å². The molecule has 5 heteroatoms. The average molecular weight is 187 g/mol. The van der Waals surface area contributed by atoms with Crippen molar-refractivity contribution in [2.24, 2.45) is 5.92 Å². The highest BCUT2D eigenvalue weighted by molar-refractivity contribution is 5.32. The average Bonchev–Trinajstić information content (AvgIpc) is 2.46. The third-order valence-corrected chi connectivity index (χ3v) is 2.39. The molecule has 0 aliphatic heterocycles. The number of H-pyrrole nitrogens is 1. The van der Waals surface area contributed by atoms with Crippen LogP contribution in [0.5, 0.6) is 0 Å². The Kier molecular flexibility index (Phi) is 2.16. The maximum absolute atomic E-state index is 12.1. The van der Waals surface area contributed by atoms with Crippen molar-refractivity contribution in [1.82, 2.24) is 9.97 Å². The fraction of sp³-hybridized carbons (Fsp3) is 0.625. The third-order valence-electron chi connectivity index (χ3n) is 2.39. The molecule has 1 aliphatic carbocycles. The first-order valence-corrected chi connectivity index (χ1v) is 4.29. The van der Waals surface area contributed by atoms with Crippen LogP contribution in [-0.2, 0) is 0 Å². The summed E-state index contributed by atoms with van der Waals surface area (Å²) in [6.07, 6.45) is 2.15. The van der Waals surface area contributed by atoms with Crippen molar-refractivity contribution in [2.75, 3.05) is 5.32 Å². The molecule has 3 nitrogen and oxygen atoms in total. The maximum Gasteiger partial charge on any atom is 0.241 e. The molecule has 0 unspecified atom stereocenters. The summed E-state index contributed by atoms with van der Waals surface area (Å²) in [6, 6.07) is 0.180. The summed E-state index contributed by atoms with van der Waals surface area (Å²) in [5.74, 6) is 0.387. The second-order valence-corrected chi connectivity index (χ2v) is 3.37. The molecular formula is C8H11F2N3. The summed E-state index contributed by atoms with van der Waals surface area (Å²) in [4.78, 5) is 6.69. The van der Waals surface area contributed by atoms with Crippen LogP contribution in [0.2, 0.25) is 0 Å². The molecule has 1 aromatic heterocycles. The zero-order chi connectivity index (χ0) is 9.26. The van der Waals surface area contributed by atoms with E-state index in [0.29, 0.717) is 12.8 Å². The standard InChI is InChI=1S/C8H11F2N3/c9-8(10)5-1-6(2-5)13-7-3-11-4-12-7/h3-6,8,13H,1-2H2,(H,11,12). The van der Waals surface area contributed by atoms with Gasteiger partial charge in [-0.05, 0) is 12.8 Å². The molecule has 0 aromatic carbocycles. The zero-order valence-electron chi connectivity index (χ0n) is 7.00. The van der Waals surface area contributed by atoms with Gasteiger partial charge in [0.05, 0.1) is 12.5 Å². The summed E-state index contributed by atoms with van der Waals surface area (Å²) in [7, 11) is 0. The molecule has 1 aromatic rings. The van der Waals surface area contributed by atoms with Crippen LogP contribution in [-0.4, -0.2) is 22.4 Å². The van der Waals surface area contributed by atoms with E-state index in [2.05, 4.69) is 15.3 Å². The van der Waals surface area contributed by atoms with Crippen LogP contribution in [0.4, 0.5) is 14.6 Å². The number of aromatic amines is 1. The number of imidazole rings is 1. The Hall–Kier alpha value is -1.13. The number of nitrogens with zero attached hydrogens (tertiary/aromatic N) is 1. The maximum atomic E-state index is 12.1. The molecule has 0 bridgehead atoms. The van der Waals surface area contributed by atoms with Gasteiger partial charge in [-0.2, -0.15) is 0 Å². The second-order valence-electron chi connectivity index (χ2n) is 3.37. The van der Waals surface area contributed by atoms with Gasteiger partial charge in [-0.15, -0.1) is 0 Å². The van der Waals surface area contributed by atoms with Gasteiger partial charge < -0.3 is 10.3 Å². The van der Waals surface area contributed by atoms with E-state index in [1.165, 1.54) is 0 Å². The van der Waals surface area contributed by atoms with Gasteiger partial charge in [0.25, 0.3) is 0 Å². The van der Waals surface area contributed by atoms with Gasteiger partial charge in [-0.3, -0.25) is 0 Å². The van der Waals surface area contributed by atoms with Gasteiger partial charge in [-0.1, -0.05) is 0 Å². The molecule has 0 spiro atoms. The number of alkyl halides is 2. The monoisotopic (exact) mass is 187 g/mol. The Morgan fingerprint density at radius 2 is 2.31 bits per heavy atom. The van der Waals surface area contributed by atoms with Crippen molar-refractivity contribution in [2.45, 2.75) is 25.3 Å². The Labute approximate surface area is 74.6 Å². The number of halogens is 2. The van der Waals surface area contributed by atoms with Crippen LogP contribution >= 0.6 is 0 Å². The summed E-state index contributed by atoms with van der Waals surface area (Å²) in [5, 5.41) is 3.09. The predicted molar refractivity (Wildman–Crippen MR) is 44.7 cm³/mol. The van der Waals surface area contributed by atoms with Crippen molar-refractivity contribution in [3.63, 3.8) is 0 Å². The predicted octanol–water partition coefficient (Wildman–Crippen LogP) is 1.87. The first-order valence-electron chi connectivity index (χ1n) is 4.29. The summed E-state index contributed by atoms with van der Waals surface area (Å²) >= 11 is 0. The highest BCUT2D eigenvalue weighted by Gasteiger charge is 2.35. The Morgan fingerprint density at radius 1 is 1.54 bits per heavy atom. The SMILES string of the molecule is FC(F)C1CC(Nc2cnc[nH]2)C1. The lowest BCUT2D eigenvalue weighted by atomic mass is 9.80. The van der Waals surface area contributed by atoms with Gasteiger partial charge in [0.15, 0.2) is 0 Å². The van der Waals surface area contributed by atoms with E-state index in [4.69, 9.17) is 0 Å². The minimum Gasteiger partial charge on any atom is -0.368 e. The van der Waals surface area contributed by atoms with E-state index in [9.17, 15) is 8.78 Å². The molecular weight excluding hydrogens is 176 g/mol. The molecule has 0 saturated heterocycles. The number of hydrogen-bond donors (Lipinski definition) is 2. The van der Waals surface area contributed by atoms with Crippen LogP contribution in [0.25, 0.3) is 0 Å². The zero-order valence-corrected chi connectivity index (χ0v) is 7.00. The quantitative estimate of drug-likeness (QED) is 0.758. The van der Waals surface area contributed by atoms with Crippen molar-refractivity contribution < 1.29 is 8.78 Å². The summed E-state index contributed by atoms with van der Waals surface area (Å²) in [5.41, 5.74) is 0. The topological polar surface area (TPSA) is 40.7 Å². The van der Waals surface area contributed by atoms with Crippen molar-refractivity contribution in [3.05, 3.63) is 12.5 Å². The van der Waals surface area contributed by atoms with Crippen LogP contribution in [0.15, 0.2) is 12.5 Å². The van der Waals surface area contributed by atoms with E-state index >= 15 is 0 Å². The molecule has 0 atom stereocenters. The number of nitrogens with one attached hydrogen (secondary N) is 2. The number of rotatable bonds is 3. The summed E-state index contributed by atoms with van der Waals surface area (Å²) < 4.78 is 24.2. The fourth-order valence-corrected chi connectivity index (χ4v) is 1.54. The summed E-state index contributed by atoms with van der Waals surface area (Å²) in [6.45, 7) is 0. The third kappa shape index (κ3) is 1.79. The van der Waals surface area contributed by atoms with Crippen LogP contribution in [0, 0.1) is 5.92 Å². The largest absolute Gasteiger partial charge is 0.368 e. The number of anilines is 1. The first-order chi connectivity index (χ1) is 6.25. The molecule has 1 fully saturated rings. The fourth-order valence-electron chi connectivity index (χ4n) is 1.54. The van der Waals surface area contributed by atoms with Gasteiger partial charge in [0, 0.05) is 12.0 Å². The van der Waals surface area contributed by atoms with Crippen LogP contribution in [0.3, 0.4) is 0 Å². The van der Waals surface area contributed by atoms with Crippen molar-refractivity contribution >= 4 is 5.82 Å². The van der Waals surface area contributed by atoms with E-state index in [0.717, 1.165) is 5.82 Å². The van der Waals surface area contributed by atoms with Crippen LogP contribution in [0.1, 0.15) is 12.8 Å². The Bertz CT molecular complexity index is 254. The first kappa shape index (κ1) is 8.47. The molecule has 0 amide bonds. The number of hydrogen-bond acceptors (Lipinski definition) is 2. The van der Waals surface area contributed by atoms with Crippen molar-refractivity contribution in [3.8, 4) is 0 Å². The number of aromatic nitrogens is 2. The Morgan fingerprint density at radius 3 is 2.85 bits per heavy atom. The van der Waals surface area contributed by atoms with Gasteiger partial charge >= 0.3 is 0 Å². The normalized spacial score (nSPS) is 27.3. The molecule has 0 radical (unpaired) electrons. The molecule has 2 rings (SSSR count). The molecule has 13 heavy (non-hydrogen) atoms. The van der Waals surface area contributed by atoms with E-state index in [1.54, 1.807) is 12.5 Å². The highest BCUT2D eigenvalue weighted by Crippen LogP contribution is 2.34. The minimum absolute atomic E-state index is 0.180. The molecule has 1 aliphatic rings. The highest BCUT2D eigenvalue weighted by atomic mass is 19.3. The minimum atomic E-state index is -2.17. The Balaban J connectivity index is 1.76. The smallest absolute Gasteiger partial charge is 0.241 e.